The average Bonchev–Trinajstić information content (AvgIpc) is 2.88. The van der Waals surface area contributed by atoms with Crippen LogP contribution in [-0.4, -0.2) is 39.6 Å². The highest BCUT2D eigenvalue weighted by atomic mass is 31.1. The van der Waals surface area contributed by atoms with Crippen molar-refractivity contribution >= 4 is 23.8 Å². The van der Waals surface area contributed by atoms with Gasteiger partial charge < -0.3 is 28.4 Å². The standard InChI is InChI=1S/C33H45O6P/c1-10-34-25-16-22(7)17-26(35-11-2)31(25)40(32-27(36-12-3)18-23(8)19-28(32)37-13-4)33-29(38-14-5)20-24(9)21-30(33)39-15-6/h16-21H,10-15H2,1-9H3. The van der Waals surface area contributed by atoms with Crippen LogP contribution in [0.2, 0.25) is 0 Å². The summed E-state index contributed by atoms with van der Waals surface area (Å²) in [7, 11) is -1.43. The monoisotopic (exact) mass is 568 g/mol. The molecule has 7 heteroatoms. The Morgan fingerprint density at radius 3 is 0.700 bits per heavy atom. The molecule has 40 heavy (non-hydrogen) atoms. The molecule has 0 spiro atoms. The fraction of sp³-hybridized carbons (Fsp3) is 0.455. The first kappa shape index (κ1) is 31.4. The molecule has 0 radical (unpaired) electrons. The van der Waals surface area contributed by atoms with Crippen LogP contribution in [0.3, 0.4) is 0 Å². The smallest absolute Gasteiger partial charge is 0.131 e. The minimum absolute atomic E-state index is 0.514. The average molecular weight is 569 g/mol. The topological polar surface area (TPSA) is 55.4 Å². The molecular weight excluding hydrogens is 523 g/mol. The third kappa shape index (κ3) is 7.14. The Labute approximate surface area is 241 Å². The van der Waals surface area contributed by atoms with E-state index < -0.39 is 7.92 Å². The summed E-state index contributed by atoms with van der Waals surface area (Å²) in [5.41, 5.74) is 3.18. The molecule has 0 saturated carbocycles. The van der Waals surface area contributed by atoms with Gasteiger partial charge in [-0.1, -0.05) is 0 Å². The Bertz CT molecular complexity index is 1040. The quantitative estimate of drug-likeness (QED) is 0.189. The van der Waals surface area contributed by atoms with Crippen LogP contribution < -0.4 is 44.3 Å². The van der Waals surface area contributed by atoms with Crippen LogP contribution in [-0.2, 0) is 0 Å². The lowest BCUT2D eigenvalue weighted by Crippen LogP contribution is -2.29. The summed E-state index contributed by atoms with van der Waals surface area (Å²) in [6.45, 7) is 21.3. The van der Waals surface area contributed by atoms with Crippen LogP contribution in [0.4, 0.5) is 0 Å². The van der Waals surface area contributed by atoms with Crippen molar-refractivity contribution in [3.63, 3.8) is 0 Å². The van der Waals surface area contributed by atoms with E-state index in [1.807, 2.05) is 41.5 Å². The third-order valence-electron chi connectivity index (χ3n) is 6.02. The van der Waals surface area contributed by atoms with Gasteiger partial charge in [0.1, 0.15) is 34.5 Å². The van der Waals surface area contributed by atoms with Gasteiger partial charge in [-0.2, -0.15) is 0 Å². The summed E-state index contributed by atoms with van der Waals surface area (Å²) in [5, 5.41) is 2.84. The molecule has 0 bridgehead atoms. The highest BCUT2D eigenvalue weighted by Crippen LogP contribution is 2.50. The zero-order valence-corrected chi connectivity index (χ0v) is 26.5. The molecule has 0 N–H and O–H groups in total. The Balaban J connectivity index is 2.62. The van der Waals surface area contributed by atoms with Crippen LogP contribution >= 0.6 is 7.92 Å². The van der Waals surface area contributed by atoms with Gasteiger partial charge in [-0.15, -0.1) is 0 Å². The molecular formula is C33H45O6P. The van der Waals surface area contributed by atoms with Crippen LogP contribution in [0.15, 0.2) is 36.4 Å². The van der Waals surface area contributed by atoms with E-state index in [9.17, 15) is 0 Å². The minimum atomic E-state index is -1.43. The van der Waals surface area contributed by atoms with Crippen molar-refractivity contribution in [1.29, 1.82) is 0 Å². The summed E-state index contributed by atoms with van der Waals surface area (Å²) >= 11 is 0. The van der Waals surface area contributed by atoms with Gasteiger partial charge in [0.15, 0.2) is 0 Å². The summed E-state index contributed by atoms with van der Waals surface area (Å²) in [4.78, 5) is 0. The molecule has 0 amide bonds. The zero-order chi connectivity index (χ0) is 29.2. The van der Waals surface area contributed by atoms with Crippen molar-refractivity contribution in [2.75, 3.05) is 39.6 Å². The maximum Gasteiger partial charge on any atom is 0.131 e. The second-order valence-corrected chi connectivity index (χ2v) is 11.3. The van der Waals surface area contributed by atoms with Gasteiger partial charge in [-0.05, 0) is 115 Å². The highest BCUT2D eigenvalue weighted by molar-refractivity contribution is 7.81. The van der Waals surface area contributed by atoms with Gasteiger partial charge in [0.05, 0.1) is 55.6 Å². The van der Waals surface area contributed by atoms with E-state index in [-0.39, 0.29) is 0 Å². The van der Waals surface area contributed by atoms with Gasteiger partial charge in [-0.3, -0.25) is 0 Å². The van der Waals surface area contributed by atoms with Crippen LogP contribution in [0.25, 0.3) is 0 Å². The SMILES string of the molecule is CCOc1cc(C)cc(OCC)c1P(c1c(OCC)cc(C)cc1OCC)c1c(OCC)cc(C)cc1OCC. The van der Waals surface area contributed by atoms with E-state index in [1.165, 1.54) is 0 Å². The molecule has 0 heterocycles. The Kier molecular flexibility index (Phi) is 11.8. The van der Waals surface area contributed by atoms with Crippen molar-refractivity contribution in [3.8, 4) is 34.5 Å². The fourth-order valence-electron chi connectivity index (χ4n) is 4.73. The first-order valence-electron chi connectivity index (χ1n) is 14.3. The van der Waals surface area contributed by atoms with Crippen molar-refractivity contribution in [2.24, 2.45) is 0 Å². The maximum atomic E-state index is 6.35. The summed E-state index contributed by atoms with van der Waals surface area (Å²) in [6.07, 6.45) is 0. The van der Waals surface area contributed by atoms with Gasteiger partial charge in [0.25, 0.3) is 0 Å². The van der Waals surface area contributed by atoms with Crippen LogP contribution in [0.5, 0.6) is 34.5 Å². The molecule has 3 aromatic carbocycles. The number of benzene rings is 3. The normalized spacial score (nSPS) is 10.9. The molecule has 0 aliphatic heterocycles. The van der Waals surface area contributed by atoms with E-state index in [4.69, 9.17) is 28.4 Å². The van der Waals surface area contributed by atoms with E-state index in [0.717, 1.165) is 67.1 Å². The molecule has 0 fully saturated rings. The Morgan fingerprint density at radius 1 is 0.375 bits per heavy atom. The molecule has 0 atom stereocenters. The first-order chi connectivity index (χ1) is 19.3. The Morgan fingerprint density at radius 2 is 0.550 bits per heavy atom. The van der Waals surface area contributed by atoms with Crippen molar-refractivity contribution < 1.29 is 28.4 Å². The van der Waals surface area contributed by atoms with Gasteiger partial charge >= 0.3 is 0 Å². The number of ether oxygens (including phenoxy) is 6. The molecule has 3 rings (SSSR count). The lowest BCUT2D eigenvalue weighted by atomic mass is 10.2. The molecule has 0 aromatic heterocycles. The van der Waals surface area contributed by atoms with Crippen molar-refractivity contribution in [1.82, 2.24) is 0 Å². The molecule has 0 aliphatic carbocycles. The van der Waals surface area contributed by atoms with Crippen LogP contribution in [0, 0.1) is 20.8 Å². The maximum absolute atomic E-state index is 6.35. The number of aryl methyl sites for hydroxylation is 3. The molecule has 0 unspecified atom stereocenters. The zero-order valence-electron chi connectivity index (χ0n) is 25.6. The second kappa shape index (κ2) is 15.0. The fourth-order valence-corrected chi connectivity index (χ4v) is 7.50. The largest absolute Gasteiger partial charge is 0.493 e. The highest BCUT2D eigenvalue weighted by Gasteiger charge is 2.35. The van der Waals surface area contributed by atoms with Gasteiger partial charge in [-0.25, -0.2) is 0 Å². The lowest BCUT2D eigenvalue weighted by molar-refractivity contribution is 0.326. The molecule has 3 aromatic rings. The van der Waals surface area contributed by atoms with Crippen molar-refractivity contribution in [2.45, 2.75) is 62.3 Å². The summed E-state index contributed by atoms with van der Waals surface area (Å²) in [6, 6.07) is 12.5. The third-order valence-corrected chi connectivity index (χ3v) is 8.69. The minimum Gasteiger partial charge on any atom is -0.493 e. The predicted molar refractivity (Wildman–Crippen MR) is 166 cm³/mol. The summed E-state index contributed by atoms with van der Waals surface area (Å²) < 4.78 is 38.1. The molecule has 0 aliphatic rings. The second-order valence-electron chi connectivity index (χ2n) is 9.26. The van der Waals surface area contributed by atoms with Gasteiger partial charge in [0, 0.05) is 7.92 Å². The molecule has 0 saturated heterocycles. The van der Waals surface area contributed by atoms with E-state index in [0.29, 0.717) is 39.6 Å². The van der Waals surface area contributed by atoms with E-state index in [1.54, 1.807) is 0 Å². The first-order valence-corrected chi connectivity index (χ1v) is 15.7. The number of hydrogen-bond donors (Lipinski definition) is 0. The number of rotatable bonds is 15. The summed E-state index contributed by atoms with van der Waals surface area (Å²) in [5.74, 6) is 4.63. The Hall–Kier alpha value is -3.11. The number of hydrogen-bond acceptors (Lipinski definition) is 6. The van der Waals surface area contributed by atoms with Gasteiger partial charge in [0.2, 0.25) is 0 Å². The van der Waals surface area contributed by atoms with E-state index >= 15 is 0 Å². The lowest BCUT2D eigenvalue weighted by Gasteiger charge is -2.30. The van der Waals surface area contributed by atoms with E-state index in [2.05, 4.69) is 57.2 Å². The van der Waals surface area contributed by atoms with Crippen molar-refractivity contribution in [3.05, 3.63) is 53.1 Å². The molecule has 218 valence electrons. The molecule has 6 nitrogen and oxygen atoms in total. The van der Waals surface area contributed by atoms with Crippen LogP contribution in [0.1, 0.15) is 58.2 Å². The predicted octanol–water partition coefficient (Wildman–Crippen LogP) is 6.76.